The molecule has 0 aliphatic carbocycles. The van der Waals surface area contributed by atoms with Crippen LogP contribution in [0.3, 0.4) is 0 Å². The quantitative estimate of drug-likeness (QED) is 0.118. The van der Waals surface area contributed by atoms with E-state index in [0.717, 1.165) is 164 Å². The molecule has 354 valence electrons. The van der Waals surface area contributed by atoms with Crippen LogP contribution >= 0.6 is 0 Å². The predicted molar refractivity (Wildman–Crippen MR) is 279 cm³/mol. The predicted octanol–water partition coefficient (Wildman–Crippen LogP) is 10.3. The molecule has 7 aromatic heterocycles. The fourth-order valence-electron chi connectivity index (χ4n) is 10.1. The molecule has 7 aromatic rings. The van der Waals surface area contributed by atoms with Gasteiger partial charge in [-0.05, 0) is 133 Å². The van der Waals surface area contributed by atoms with Crippen LogP contribution in [0.25, 0.3) is 89.7 Å². The topological polar surface area (TPSA) is 173 Å². The van der Waals surface area contributed by atoms with Crippen LogP contribution in [0, 0.1) is 55.4 Å². The lowest BCUT2D eigenvalue weighted by Gasteiger charge is -2.24. The fraction of sp³-hybridized carbons (Fsp3) is 0.462. The zero-order chi connectivity index (χ0) is 48.6. The molecule has 16 heteroatoms. The first-order valence-electron chi connectivity index (χ1n) is 24.6. The minimum atomic E-state index is 0.520. The summed E-state index contributed by atoms with van der Waals surface area (Å²) in [6.07, 6.45) is 0. The molecule has 0 unspecified atom stereocenters. The first-order valence-corrected chi connectivity index (χ1v) is 24.6. The maximum Gasteiger partial charge on any atom is 0.168 e. The van der Waals surface area contributed by atoms with Gasteiger partial charge in [-0.1, -0.05) is 0 Å². The van der Waals surface area contributed by atoms with Gasteiger partial charge >= 0.3 is 0 Å². The smallest absolute Gasteiger partial charge is 0.168 e. The van der Waals surface area contributed by atoms with Gasteiger partial charge in [0, 0.05) is 97.0 Å². The summed E-state index contributed by atoms with van der Waals surface area (Å²) in [7, 11) is 0. The van der Waals surface area contributed by atoms with Crippen molar-refractivity contribution in [3.05, 3.63) is 45.0 Å². The summed E-state index contributed by atoms with van der Waals surface area (Å²) in [5, 5.41) is 3.61. The number of rotatable bonds is 12. The molecule has 9 rings (SSSR count). The van der Waals surface area contributed by atoms with Crippen LogP contribution in [0.1, 0.15) is 100 Å². The second-order valence-corrected chi connectivity index (χ2v) is 17.9. The molecule has 2 N–H and O–H groups in total. The summed E-state index contributed by atoms with van der Waals surface area (Å²) in [5.41, 5.74) is 13.6. The van der Waals surface area contributed by atoms with Gasteiger partial charge in [0.1, 0.15) is 45.9 Å². The number of aryl methyl sites for hydroxylation is 6. The van der Waals surface area contributed by atoms with Crippen molar-refractivity contribution in [2.24, 2.45) is 0 Å². The number of hydrogen-bond acceptors (Lipinski definition) is 14. The highest BCUT2D eigenvalue weighted by molar-refractivity contribution is 6.14. The van der Waals surface area contributed by atoms with E-state index in [0.29, 0.717) is 45.9 Å². The maximum absolute atomic E-state index is 5.59. The van der Waals surface area contributed by atoms with Crippen LogP contribution in [0.5, 0.6) is 0 Å². The van der Waals surface area contributed by atoms with E-state index in [1.807, 2.05) is 0 Å². The highest BCUT2D eigenvalue weighted by atomic mass is 15.2. The van der Waals surface area contributed by atoms with Gasteiger partial charge in [-0.15, -0.1) is 0 Å². The Morgan fingerprint density at radius 1 is 0.279 bits per heavy atom. The number of anilines is 4. The molecule has 0 spiro atoms. The summed E-state index contributed by atoms with van der Waals surface area (Å²) < 4.78 is 0. The van der Waals surface area contributed by atoms with Gasteiger partial charge in [0.05, 0.1) is 21.9 Å². The lowest BCUT2D eigenvalue weighted by molar-refractivity contribution is 0.842. The zero-order valence-electron chi connectivity index (χ0n) is 42.9. The third-order valence-electron chi connectivity index (χ3n) is 14.5. The molecule has 0 aromatic carbocycles. The molecule has 0 saturated heterocycles. The van der Waals surface area contributed by atoms with E-state index in [9.17, 15) is 0 Å². The number of nitrogens with one attached hydrogen (secondary N) is 2. The van der Waals surface area contributed by atoms with Gasteiger partial charge in [-0.25, -0.2) is 49.8 Å². The highest BCUT2D eigenvalue weighted by Crippen LogP contribution is 2.46. The summed E-state index contributed by atoms with van der Waals surface area (Å²) >= 11 is 0. The van der Waals surface area contributed by atoms with Crippen LogP contribution < -0.4 is 19.6 Å². The monoisotopic (exact) mass is 915 g/mol. The van der Waals surface area contributed by atoms with E-state index < -0.39 is 0 Å². The molecule has 16 nitrogen and oxygen atoms in total. The number of aromatic amines is 2. The third kappa shape index (κ3) is 6.99. The van der Waals surface area contributed by atoms with Gasteiger partial charge in [0.25, 0.3) is 0 Å². The molecule has 0 atom stereocenters. The van der Waals surface area contributed by atoms with Crippen LogP contribution in [0.15, 0.2) is 0 Å². The number of aromatic nitrogens is 12. The zero-order valence-corrected chi connectivity index (χ0v) is 42.9. The van der Waals surface area contributed by atoms with Gasteiger partial charge in [-0.2, -0.15) is 0 Å². The number of nitrogens with zero attached hydrogens (tertiary/aromatic N) is 14. The van der Waals surface area contributed by atoms with Crippen molar-refractivity contribution >= 4 is 67.4 Å². The summed E-state index contributed by atoms with van der Waals surface area (Å²) in [4.78, 5) is 71.0. The molecule has 0 saturated carbocycles. The molecule has 0 fully saturated rings. The second-order valence-electron chi connectivity index (χ2n) is 17.9. The Morgan fingerprint density at radius 2 is 0.529 bits per heavy atom. The second kappa shape index (κ2) is 17.7. The van der Waals surface area contributed by atoms with Crippen molar-refractivity contribution in [2.45, 2.75) is 111 Å². The van der Waals surface area contributed by atoms with Crippen molar-refractivity contribution in [3.63, 3.8) is 0 Å². The van der Waals surface area contributed by atoms with Crippen molar-refractivity contribution < 1.29 is 0 Å². The highest BCUT2D eigenvalue weighted by Gasteiger charge is 2.33. The van der Waals surface area contributed by atoms with E-state index in [2.05, 4.69) is 140 Å². The fourth-order valence-corrected chi connectivity index (χ4v) is 10.1. The van der Waals surface area contributed by atoms with Crippen molar-refractivity contribution in [1.29, 1.82) is 0 Å². The Hall–Kier alpha value is -6.84. The Labute approximate surface area is 399 Å². The van der Waals surface area contributed by atoms with Gasteiger partial charge in [0.15, 0.2) is 23.3 Å². The number of H-pyrrole nitrogens is 2. The largest absolute Gasteiger partial charge is 0.357 e. The summed E-state index contributed by atoms with van der Waals surface area (Å²) in [6, 6.07) is 0. The Kier molecular flexibility index (Phi) is 12.0. The summed E-state index contributed by atoms with van der Waals surface area (Å²) in [6.45, 7) is 40.0. The van der Waals surface area contributed by atoms with E-state index in [-0.39, 0.29) is 0 Å². The van der Waals surface area contributed by atoms with Gasteiger partial charge < -0.3 is 29.6 Å². The van der Waals surface area contributed by atoms with E-state index in [1.165, 1.54) is 0 Å². The van der Waals surface area contributed by atoms with Crippen LogP contribution in [-0.4, -0.2) is 112 Å². The van der Waals surface area contributed by atoms with Crippen LogP contribution in [0.4, 0.5) is 23.3 Å². The van der Waals surface area contributed by atoms with Gasteiger partial charge in [-0.3, -0.25) is 0 Å². The molecule has 68 heavy (non-hydrogen) atoms. The molecule has 2 aliphatic heterocycles. The number of hydrogen-bond donors (Lipinski definition) is 2. The molecular formula is C52H66N16. The SMILES string of the molecule is CCN(CC)c1nc(C)c(C)c2c1-c1nc-2nc2[nH]c(nc3nc(nc4[nH]c(n1)c1c(C)c(C)nc(N(CC)CC)c41)-c1c(C)c(C)nc(N(CC)CC)c1-3)c1c(C)c(C)nc(N(CC)CC)c21. The lowest BCUT2D eigenvalue weighted by Crippen LogP contribution is -2.24. The standard InChI is InChI=1S/C52H66N16/c1-17-65(18-2)49-37-33(25(9)29(13)53-49)41-57-45(37)61-42-34-26(10)30(14)54-50(66(19-3)20-4)38(34)47(58-42)63-44-36-28(12)32(16)56-52(68(23-7)24-8)40(36)48(60-44)64-43-35-27(11)31(15)55-51(67(21-5)22-6)39(35)46(59-43)62-41/h17-24H2,1-16H3,(H2,57,58,59,60,61,62,63,64). The first kappa shape index (κ1) is 46.3. The van der Waals surface area contributed by atoms with Gasteiger partial charge in [0.2, 0.25) is 0 Å². The first-order chi connectivity index (χ1) is 32.7. The van der Waals surface area contributed by atoms with Crippen molar-refractivity contribution in [3.8, 4) is 45.6 Å². The van der Waals surface area contributed by atoms with E-state index in [1.54, 1.807) is 0 Å². The van der Waals surface area contributed by atoms with Crippen LogP contribution in [0.2, 0.25) is 0 Å². The average molecular weight is 915 g/mol. The molecule has 0 radical (unpaired) electrons. The summed E-state index contributed by atoms with van der Waals surface area (Å²) in [5.74, 6) is 5.44. The molecule has 8 bridgehead atoms. The van der Waals surface area contributed by atoms with Crippen molar-refractivity contribution in [1.82, 2.24) is 59.8 Å². The normalized spacial score (nSPS) is 12.0. The lowest BCUT2D eigenvalue weighted by atomic mass is 10.0. The maximum atomic E-state index is 5.59. The molecule has 0 amide bonds. The molecule has 9 heterocycles. The Morgan fingerprint density at radius 3 is 0.838 bits per heavy atom. The average Bonchev–Trinajstić information content (AvgIpc) is 4.07. The number of fused-ring (bicyclic) bond motifs is 20. The van der Waals surface area contributed by atoms with Crippen LogP contribution in [-0.2, 0) is 0 Å². The minimum Gasteiger partial charge on any atom is -0.357 e. The molecule has 2 aliphatic rings. The van der Waals surface area contributed by atoms with Crippen molar-refractivity contribution in [2.75, 3.05) is 72.0 Å². The van der Waals surface area contributed by atoms with E-state index >= 15 is 0 Å². The minimum absolute atomic E-state index is 0.520. The van der Waals surface area contributed by atoms with E-state index in [4.69, 9.17) is 49.8 Å². The number of pyridine rings is 4. The molecular weight excluding hydrogens is 849 g/mol. The third-order valence-corrected chi connectivity index (χ3v) is 14.5. The Bertz CT molecular complexity index is 3130. The Balaban J connectivity index is 1.61.